The molecule has 1 saturated heterocycles. The number of unbranched alkanes of at least 4 members (excludes halogenated alkanes) is 10. The minimum absolute atomic E-state index is 0.202. The van der Waals surface area contributed by atoms with Crippen LogP contribution >= 0.6 is 0 Å². The Labute approximate surface area is 332 Å². The third-order valence-electron chi connectivity index (χ3n) is 9.09. The van der Waals surface area contributed by atoms with Crippen LogP contribution in [-0.2, 0) is 28.5 Å². The number of aliphatic hydroxyl groups is 4. The molecule has 10 heteroatoms. The molecule has 1 fully saturated rings. The lowest BCUT2D eigenvalue weighted by Gasteiger charge is -2.39. The highest BCUT2D eigenvalue weighted by Gasteiger charge is 2.44. The number of aliphatic hydroxyl groups excluding tert-OH is 4. The summed E-state index contributed by atoms with van der Waals surface area (Å²) < 4.78 is 22.1. The van der Waals surface area contributed by atoms with Gasteiger partial charge in [-0.05, 0) is 77.0 Å². The van der Waals surface area contributed by atoms with Crippen LogP contribution in [0.1, 0.15) is 142 Å². The van der Waals surface area contributed by atoms with Gasteiger partial charge in [0.15, 0.2) is 12.4 Å². The van der Waals surface area contributed by atoms with Gasteiger partial charge in [0.05, 0.1) is 13.2 Å². The summed E-state index contributed by atoms with van der Waals surface area (Å²) in [5.41, 5.74) is 0. The van der Waals surface area contributed by atoms with Crippen molar-refractivity contribution in [3.8, 4) is 0 Å². The molecule has 0 aromatic rings. The van der Waals surface area contributed by atoms with Crippen molar-refractivity contribution in [3.63, 3.8) is 0 Å². The molecule has 1 heterocycles. The Balaban J connectivity index is 2.39. The SMILES string of the molecule is CC/C=C\C/C=C\C/C=C\CCCCCCCC(=O)OCC(CO[C@@H]1OC(CO)[C@H](O)[C@@H](O)C1O)OC(=O)CCCCCCC/C=C\C/C=C\C/C=C\CC. The second-order valence-corrected chi connectivity index (χ2v) is 14.0. The normalized spacial score (nSPS) is 21.3. The Kier molecular flexibility index (Phi) is 32.4. The summed E-state index contributed by atoms with van der Waals surface area (Å²) in [5, 5.41) is 40.0. The van der Waals surface area contributed by atoms with Crippen molar-refractivity contribution in [1.29, 1.82) is 0 Å². The van der Waals surface area contributed by atoms with Crippen LogP contribution in [0.25, 0.3) is 0 Å². The highest BCUT2D eigenvalue weighted by molar-refractivity contribution is 5.70. The smallest absolute Gasteiger partial charge is 0.306 e. The van der Waals surface area contributed by atoms with E-state index >= 15 is 0 Å². The lowest BCUT2D eigenvalue weighted by molar-refractivity contribution is -0.305. The fourth-order valence-corrected chi connectivity index (χ4v) is 5.80. The maximum atomic E-state index is 12.7. The van der Waals surface area contributed by atoms with E-state index < -0.39 is 55.4 Å². The Morgan fingerprint density at radius 3 is 1.53 bits per heavy atom. The second kappa shape index (κ2) is 35.5. The van der Waals surface area contributed by atoms with E-state index in [1.807, 2.05) is 0 Å². The monoisotopic (exact) mass is 775 g/mol. The van der Waals surface area contributed by atoms with Gasteiger partial charge >= 0.3 is 11.9 Å². The average Bonchev–Trinajstić information content (AvgIpc) is 3.18. The summed E-state index contributed by atoms with van der Waals surface area (Å²) >= 11 is 0. The first kappa shape index (κ1) is 50.2. The fourth-order valence-electron chi connectivity index (χ4n) is 5.80. The van der Waals surface area contributed by atoms with E-state index in [9.17, 15) is 30.0 Å². The van der Waals surface area contributed by atoms with Crippen molar-refractivity contribution in [3.05, 3.63) is 72.9 Å². The molecular weight excluding hydrogens is 700 g/mol. The van der Waals surface area contributed by atoms with Gasteiger partial charge in [-0.1, -0.05) is 125 Å². The number of carbonyl (C=O) groups is 2. The number of hydrogen-bond acceptors (Lipinski definition) is 10. The van der Waals surface area contributed by atoms with Gasteiger partial charge in [0.25, 0.3) is 0 Å². The third kappa shape index (κ3) is 27.4. The Hall–Kier alpha value is -2.86. The van der Waals surface area contributed by atoms with Crippen LogP contribution in [0.15, 0.2) is 72.9 Å². The van der Waals surface area contributed by atoms with E-state index in [1.165, 1.54) is 0 Å². The molecule has 6 atom stereocenters. The van der Waals surface area contributed by atoms with Crippen LogP contribution in [-0.4, -0.2) is 89.0 Å². The highest BCUT2D eigenvalue weighted by Crippen LogP contribution is 2.22. The summed E-state index contributed by atoms with van der Waals surface area (Å²) in [6, 6.07) is 0. The number of esters is 2. The zero-order chi connectivity index (χ0) is 40.2. The molecule has 10 nitrogen and oxygen atoms in total. The Morgan fingerprint density at radius 2 is 1.02 bits per heavy atom. The van der Waals surface area contributed by atoms with Gasteiger partial charge in [-0.3, -0.25) is 9.59 Å². The molecule has 0 bridgehead atoms. The molecule has 0 radical (unpaired) electrons. The minimum atomic E-state index is -1.60. The summed E-state index contributed by atoms with van der Waals surface area (Å²) in [4.78, 5) is 25.3. The minimum Gasteiger partial charge on any atom is -0.462 e. The molecule has 55 heavy (non-hydrogen) atoms. The molecule has 0 aromatic carbocycles. The van der Waals surface area contributed by atoms with Crippen LogP contribution in [0.2, 0.25) is 0 Å². The lowest BCUT2D eigenvalue weighted by atomic mass is 9.99. The van der Waals surface area contributed by atoms with Crippen molar-refractivity contribution in [2.75, 3.05) is 19.8 Å². The molecule has 0 aliphatic carbocycles. The number of rotatable bonds is 33. The van der Waals surface area contributed by atoms with Gasteiger partial charge in [-0.2, -0.15) is 0 Å². The third-order valence-corrected chi connectivity index (χ3v) is 9.09. The van der Waals surface area contributed by atoms with Crippen LogP contribution < -0.4 is 0 Å². The summed E-state index contributed by atoms with van der Waals surface area (Å²) in [6.45, 7) is 3.14. The fraction of sp³-hybridized carbons (Fsp3) is 0.689. The van der Waals surface area contributed by atoms with Crippen LogP contribution in [0, 0.1) is 0 Å². The summed E-state index contributed by atoms with van der Waals surface area (Å²) in [6.07, 6.45) is 36.2. The largest absolute Gasteiger partial charge is 0.462 e. The molecule has 0 saturated carbocycles. The molecule has 0 amide bonds. The van der Waals surface area contributed by atoms with Crippen molar-refractivity contribution in [2.45, 2.75) is 179 Å². The van der Waals surface area contributed by atoms with Gasteiger partial charge in [0, 0.05) is 12.8 Å². The number of hydrogen-bond donors (Lipinski definition) is 4. The van der Waals surface area contributed by atoms with E-state index in [0.29, 0.717) is 12.8 Å². The van der Waals surface area contributed by atoms with Crippen molar-refractivity contribution < 1.29 is 49.0 Å². The summed E-state index contributed by atoms with van der Waals surface area (Å²) in [7, 11) is 0. The molecule has 1 aliphatic heterocycles. The first-order valence-electron chi connectivity index (χ1n) is 21.0. The zero-order valence-electron chi connectivity index (χ0n) is 33.9. The summed E-state index contributed by atoms with van der Waals surface area (Å²) in [5.74, 6) is -0.855. The Bertz CT molecular complexity index is 1120. The van der Waals surface area contributed by atoms with E-state index in [-0.39, 0.29) is 26.1 Å². The van der Waals surface area contributed by atoms with Crippen molar-refractivity contribution >= 4 is 11.9 Å². The topological polar surface area (TPSA) is 152 Å². The molecule has 0 aromatic heterocycles. The number of allylic oxidation sites excluding steroid dienone is 12. The second-order valence-electron chi connectivity index (χ2n) is 14.0. The molecule has 4 N–H and O–H groups in total. The maximum Gasteiger partial charge on any atom is 0.306 e. The average molecular weight is 775 g/mol. The van der Waals surface area contributed by atoms with Gasteiger partial charge in [-0.25, -0.2) is 0 Å². The predicted molar refractivity (Wildman–Crippen MR) is 219 cm³/mol. The van der Waals surface area contributed by atoms with E-state index in [2.05, 4.69) is 86.8 Å². The first-order valence-corrected chi connectivity index (χ1v) is 21.0. The molecule has 0 spiro atoms. The van der Waals surface area contributed by atoms with E-state index in [1.54, 1.807) is 0 Å². The number of ether oxygens (including phenoxy) is 4. The standard InChI is InChI=1S/C45H74O10/c1-3-5-7-9-11-13-15-17-19-21-23-25-27-29-31-33-40(47)52-36-38(37-53-45-44(51)43(50)42(49)39(35-46)55-45)54-41(48)34-32-30-28-26-24-22-20-18-16-14-12-10-8-6-4-2/h5-8,11-14,17-20,38-39,42-46,49-51H,3-4,9-10,15-16,21-37H2,1-2H3/b7-5-,8-6-,13-11-,14-12-,19-17-,20-18-/t38?,39?,42-,43+,44?,45+/m0/s1. The van der Waals surface area contributed by atoms with Crippen LogP contribution in [0.3, 0.4) is 0 Å². The van der Waals surface area contributed by atoms with Gasteiger partial charge < -0.3 is 39.4 Å². The van der Waals surface area contributed by atoms with Crippen molar-refractivity contribution in [1.82, 2.24) is 0 Å². The van der Waals surface area contributed by atoms with Crippen LogP contribution in [0.5, 0.6) is 0 Å². The molecular formula is C45H74O10. The number of carbonyl (C=O) groups excluding carboxylic acids is 2. The van der Waals surface area contributed by atoms with Crippen molar-refractivity contribution in [2.24, 2.45) is 0 Å². The van der Waals surface area contributed by atoms with E-state index in [4.69, 9.17) is 18.9 Å². The molecule has 1 rings (SSSR count). The first-order chi connectivity index (χ1) is 26.8. The predicted octanol–water partition coefficient (Wildman–Crippen LogP) is 8.44. The maximum absolute atomic E-state index is 12.7. The Morgan fingerprint density at radius 1 is 0.564 bits per heavy atom. The van der Waals surface area contributed by atoms with E-state index in [0.717, 1.165) is 103 Å². The van der Waals surface area contributed by atoms with Gasteiger partial charge in [-0.15, -0.1) is 0 Å². The van der Waals surface area contributed by atoms with Crippen LogP contribution in [0.4, 0.5) is 0 Å². The van der Waals surface area contributed by atoms with Gasteiger partial charge in [0.2, 0.25) is 0 Å². The lowest BCUT2D eigenvalue weighted by Crippen LogP contribution is -2.59. The molecule has 1 aliphatic rings. The zero-order valence-corrected chi connectivity index (χ0v) is 33.9. The van der Waals surface area contributed by atoms with Gasteiger partial charge in [0.1, 0.15) is 31.0 Å². The highest BCUT2D eigenvalue weighted by atomic mass is 16.7. The quantitative estimate of drug-likeness (QED) is 0.0291. The molecule has 3 unspecified atom stereocenters. The molecule has 314 valence electrons.